The zero-order valence-electron chi connectivity index (χ0n) is 12.0. The zero-order valence-corrected chi connectivity index (χ0v) is 12.0. The van der Waals surface area contributed by atoms with E-state index in [0.717, 1.165) is 12.8 Å². The van der Waals surface area contributed by atoms with Crippen LogP contribution >= 0.6 is 0 Å². The van der Waals surface area contributed by atoms with Crippen molar-refractivity contribution in [2.75, 3.05) is 12.4 Å². The van der Waals surface area contributed by atoms with Crippen LogP contribution in [0.4, 0.5) is 5.82 Å². The second-order valence-electron chi connectivity index (χ2n) is 4.83. The maximum Gasteiger partial charge on any atom is 0.306 e. The van der Waals surface area contributed by atoms with Gasteiger partial charge in [-0.05, 0) is 19.8 Å². The largest absolute Gasteiger partial charge is 0.489 e. The number of hydrogen-bond acceptors (Lipinski definition) is 5. The molecular weight excluding hydrogens is 262 g/mol. The number of rotatable bonds is 8. The van der Waals surface area contributed by atoms with Crippen LogP contribution in [-0.4, -0.2) is 34.2 Å². The molecule has 2 unspecified atom stereocenters. The number of aliphatic carboxylic acids is 1. The van der Waals surface area contributed by atoms with Crippen molar-refractivity contribution in [3.8, 4) is 5.75 Å². The van der Waals surface area contributed by atoms with Gasteiger partial charge >= 0.3 is 5.97 Å². The topological polar surface area (TPSA) is 104 Å². The molecule has 0 fully saturated rings. The number of ether oxygens (including phenoxy) is 1. The molecule has 0 saturated heterocycles. The third kappa shape index (κ3) is 4.56. The Labute approximate surface area is 117 Å². The first-order chi connectivity index (χ1) is 9.45. The second-order valence-corrected chi connectivity index (χ2v) is 4.83. The van der Waals surface area contributed by atoms with Crippen molar-refractivity contribution in [2.24, 2.45) is 5.92 Å². The number of nitrogens with zero attached hydrogens (tertiary/aromatic N) is 1. The molecule has 2 atom stereocenters. The molecule has 20 heavy (non-hydrogen) atoms. The molecule has 0 aliphatic rings. The summed E-state index contributed by atoms with van der Waals surface area (Å²) in [5, 5.41) is 11.9. The minimum atomic E-state index is -0.774. The van der Waals surface area contributed by atoms with Crippen LogP contribution in [0.2, 0.25) is 0 Å². The number of aromatic nitrogens is 2. The summed E-state index contributed by atoms with van der Waals surface area (Å²) in [6, 6.07) is 0.0687. The first-order valence-corrected chi connectivity index (χ1v) is 6.56. The molecule has 1 rings (SSSR count). The molecule has 0 spiro atoms. The van der Waals surface area contributed by atoms with E-state index in [9.17, 15) is 9.59 Å². The maximum absolute atomic E-state index is 11.5. The highest BCUT2D eigenvalue weighted by atomic mass is 16.5. The van der Waals surface area contributed by atoms with Gasteiger partial charge in [0.25, 0.3) is 5.56 Å². The van der Waals surface area contributed by atoms with E-state index in [4.69, 9.17) is 9.84 Å². The Hall–Kier alpha value is -2.05. The van der Waals surface area contributed by atoms with Gasteiger partial charge in [0.1, 0.15) is 0 Å². The highest BCUT2D eigenvalue weighted by molar-refractivity contribution is 5.69. The average molecular weight is 283 g/mol. The lowest BCUT2D eigenvalue weighted by Gasteiger charge is -2.16. The van der Waals surface area contributed by atoms with Crippen LogP contribution in [0.25, 0.3) is 0 Å². The highest BCUT2D eigenvalue weighted by Crippen LogP contribution is 2.17. The van der Waals surface area contributed by atoms with Crippen LogP contribution in [0.1, 0.15) is 33.1 Å². The maximum atomic E-state index is 11.5. The Kier molecular flexibility index (Phi) is 6.02. The monoisotopic (exact) mass is 283 g/mol. The van der Waals surface area contributed by atoms with Gasteiger partial charge in [-0.1, -0.05) is 13.3 Å². The van der Waals surface area contributed by atoms with Crippen molar-refractivity contribution in [3.05, 3.63) is 16.7 Å². The normalized spacial score (nSPS) is 13.6. The summed E-state index contributed by atoms with van der Waals surface area (Å²) in [6.45, 7) is 3.65. The molecular formula is C13H21N3O4. The molecule has 0 saturated carbocycles. The molecule has 0 aliphatic heterocycles. The van der Waals surface area contributed by atoms with E-state index in [0.29, 0.717) is 12.2 Å². The molecule has 1 aromatic heterocycles. The predicted octanol–water partition coefficient (Wildman–Crippen LogP) is 1.47. The number of carboxylic acid groups (broad SMARTS) is 1. The molecule has 0 aromatic carbocycles. The van der Waals surface area contributed by atoms with Gasteiger partial charge in [-0.2, -0.15) is 0 Å². The Balaban J connectivity index is 2.51. The standard InChI is InChI=1S/C13H21N3O4/c1-8(13(18)19)5-4-6-9(2)16-11-10(20-3)12(17)15-7-14-11/h7-9H,4-6H2,1-3H3,(H,18,19)(H2,14,15,16,17). The van der Waals surface area contributed by atoms with Crippen LogP contribution in [0, 0.1) is 5.92 Å². The van der Waals surface area contributed by atoms with Gasteiger partial charge in [0.2, 0.25) is 5.75 Å². The van der Waals surface area contributed by atoms with Crippen molar-refractivity contribution in [3.63, 3.8) is 0 Å². The SMILES string of the molecule is COc1c(NC(C)CCCC(C)C(=O)O)nc[nH]c1=O. The average Bonchev–Trinajstić information content (AvgIpc) is 2.38. The smallest absolute Gasteiger partial charge is 0.306 e. The number of methoxy groups -OCH3 is 1. The summed E-state index contributed by atoms with van der Waals surface area (Å²) in [4.78, 5) is 28.7. The quantitative estimate of drug-likeness (QED) is 0.667. The Morgan fingerprint density at radius 3 is 2.80 bits per heavy atom. The molecule has 7 nitrogen and oxygen atoms in total. The fraction of sp³-hybridized carbons (Fsp3) is 0.615. The first kappa shape index (κ1) is 16.0. The molecule has 7 heteroatoms. The second kappa shape index (κ2) is 7.52. The van der Waals surface area contributed by atoms with Crippen molar-refractivity contribution in [2.45, 2.75) is 39.2 Å². The number of aromatic amines is 1. The number of carboxylic acids is 1. The number of nitrogens with one attached hydrogen (secondary N) is 2. The third-order valence-electron chi connectivity index (χ3n) is 3.09. The van der Waals surface area contributed by atoms with E-state index >= 15 is 0 Å². The van der Waals surface area contributed by atoms with Gasteiger partial charge in [-0.15, -0.1) is 0 Å². The first-order valence-electron chi connectivity index (χ1n) is 6.56. The van der Waals surface area contributed by atoms with Crippen LogP contribution < -0.4 is 15.6 Å². The predicted molar refractivity (Wildman–Crippen MR) is 75.1 cm³/mol. The Bertz CT molecular complexity index is 501. The van der Waals surface area contributed by atoms with Crippen LogP contribution in [0.15, 0.2) is 11.1 Å². The lowest BCUT2D eigenvalue weighted by atomic mass is 10.0. The van der Waals surface area contributed by atoms with Crippen LogP contribution in [0.3, 0.4) is 0 Å². The van der Waals surface area contributed by atoms with Crippen molar-refractivity contribution in [1.82, 2.24) is 9.97 Å². The van der Waals surface area contributed by atoms with Crippen molar-refractivity contribution in [1.29, 1.82) is 0 Å². The fourth-order valence-corrected chi connectivity index (χ4v) is 1.84. The minimum absolute atomic E-state index is 0.0687. The summed E-state index contributed by atoms with van der Waals surface area (Å²) >= 11 is 0. The molecule has 1 aromatic rings. The molecule has 112 valence electrons. The number of hydrogen-bond donors (Lipinski definition) is 3. The number of anilines is 1. The van der Waals surface area contributed by atoms with Crippen molar-refractivity contribution >= 4 is 11.8 Å². The lowest BCUT2D eigenvalue weighted by Crippen LogP contribution is -2.20. The van der Waals surface area contributed by atoms with E-state index < -0.39 is 5.97 Å². The molecule has 0 aliphatic carbocycles. The van der Waals surface area contributed by atoms with Gasteiger partial charge in [0, 0.05) is 6.04 Å². The van der Waals surface area contributed by atoms with Gasteiger partial charge in [-0.3, -0.25) is 9.59 Å². The van der Waals surface area contributed by atoms with E-state index in [1.54, 1.807) is 6.92 Å². The van der Waals surface area contributed by atoms with Crippen LogP contribution in [-0.2, 0) is 4.79 Å². The molecule has 1 heterocycles. The third-order valence-corrected chi connectivity index (χ3v) is 3.09. The lowest BCUT2D eigenvalue weighted by molar-refractivity contribution is -0.141. The number of H-pyrrole nitrogens is 1. The van der Waals surface area contributed by atoms with Gasteiger partial charge < -0.3 is 20.1 Å². The Morgan fingerprint density at radius 1 is 1.50 bits per heavy atom. The number of carbonyl (C=O) groups is 1. The van der Waals surface area contributed by atoms with E-state index in [1.807, 2.05) is 6.92 Å². The van der Waals surface area contributed by atoms with Gasteiger partial charge in [0.05, 0.1) is 19.4 Å². The molecule has 0 radical (unpaired) electrons. The molecule has 0 amide bonds. The van der Waals surface area contributed by atoms with Crippen LogP contribution in [0.5, 0.6) is 5.75 Å². The summed E-state index contributed by atoms with van der Waals surface area (Å²) < 4.78 is 5.00. The molecule has 0 bridgehead atoms. The van der Waals surface area contributed by atoms with E-state index in [2.05, 4.69) is 15.3 Å². The summed E-state index contributed by atoms with van der Waals surface area (Å²) in [7, 11) is 1.41. The van der Waals surface area contributed by atoms with Gasteiger partial charge in [-0.25, -0.2) is 4.98 Å². The highest BCUT2D eigenvalue weighted by Gasteiger charge is 2.13. The Morgan fingerprint density at radius 2 is 2.20 bits per heavy atom. The molecule has 3 N–H and O–H groups in total. The zero-order chi connectivity index (χ0) is 15.1. The van der Waals surface area contributed by atoms with E-state index in [1.165, 1.54) is 13.4 Å². The van der Waals surface area contributed by atoms with Crippen molar-refractivity contribution < 1.29 is 14.6 Å². The van der Waals surface area contributed by atoms with Gasteiger partial charge in [0.15, 0.2) is 5.82 Å². The summed E-state index contributed by atoms with van der Waals surface area (Å²) in [5.74, 6) is -0.564. The van der Waals surface area contributed by atoms with E-state index in [-0.39, 0.29) is 23.3 Å². The summed E-state index contributed by atoms with van der Waals surface area (Å²) in [6.07, 6.45) is 3.51. The summed E-state index contributed by atoms with van der Waals surface area (Å²) in [5.41, 5.74) is -0.336. The minimum Gasteiger partial charge on any atom is -0.489 e. The fourth-order valence-electron chi connectivity index (χ4n) is 1.84.